The minimum Gasteiger partial charge on any atom is -0.508 e. The number of hydrogen-bond donors (Lipinski definition) is 5. The number of nitrogens with two attached hydrogens (primary N) is 1. The van der Waals surface area contributed by atoms with Gasteiger partial charge in [-0.15, -0.1) is 0 Å². The van der Waals surface area contributed by atoms with E-state index in [4.69, 9.17) is 5.73 Å². The van der Waals surface area contributed by atoms with Gasteiger partial charge in [-0.2, -0.15) is 4.39 Å². The van der Waals surface area contributed by atoms with E-state index in [1.165, 1.54) is 17.2 Å². The number of nitrogens with zero attached hydrogens (tertiary/aromatic N) is 3. The summed E-state index contributed by atoms with van der Waals surface area (Å²) >= 11 is 0. The van der Waals surface area contributed by atoms with Crippen LogP contribution in [-0.4, -0.2) is 91.5 Å². The molecule has 0 bridgehead atoms. The first-order chi connectivity index (χ1) is 20.9. The Morgan fingerprint density at radius 1 is 1.16 bits per heavy atom. The standard InChI is InChI=1S/C32H35FN4O7/c1-36(2)25-20-12-16-10-19-18(15-6-7-21(33)35-13-15)11-17(14-37-8-4-3-5-9-37)26(38)23(19)27(39)22(16)29(41)32(20,44)30(42)24(28(25)40)31(34)43/h6-7,11,13,16,20,25,38-39,42,44H,3-5,8-10,12,14H2,1-2H3,(H2,34,43)/t16-,20-,25-,32-/m0/s1. The predicted molar refractivity (Wildman–Crippen MR) is 157 cm³/mol. The number of amides is 1. The van der Waals surface area contributed by atoms with Gasteiger partial charge >= 0.3 is 0 Å². The van der Waals surface area contributed by atoms with Gasteiger partial charge in [0.05, 0.1) is 11.6 Å². The van der Waals surface area contributed by atoms with Gasteiger partial charge in [0.2, 0.25) is 11.7 Å². The van der Waals surface area contributed by atoms with Crippen molar-refractivity contribution in [3.63, 3.8) is 0 Å². The summed E-state index contributed by atoms with van der Waals surface area (Å²) in [5, 5.41) is 46.3. The second-order valence-electron chi connectivity index (χ2n) is 12.5. The third-order valence-corrected chi connectivity index (χ3v) is 9.68. The Bertz CT molecular complexity index is 1640. The van der Waals surface area contributed by atoms with Gasteiger partial charge in [-0.3, -0.25) is 24.2 Å². The molecule has 0 radical (unpaired) electrons. The van der Waals surface area contributed by atoms with Gasteiger partial charge < -0.3 is 26.2 Å². The minimum atomic E-state index is -2.71. The summed E-state index contributed by atoms with van der Waals surface area (Å²) in [4.78, 5) is 47.2. The molecule has 1 aromatic carbocycles. The van der Waals surface area contributed by atoms with Crippen molar-refractivity contribution in [3.05, 3.63) is 63.9 Å². The molecule has 44 heavy (non-hydrogen) atoms. The number of phenolic OH excluding ortho intramolecular Hbond substituents is 1. The highest BCUT2D eigenvalue weighted by atomic mass is 19.1. The van der Waals surface area contributed by atoms with E-state index in [0.29, 0.717) is 28.8 Å². The Labute approximate surface area is 253 Å². The zero-order valence-electron chi connectivity index (χ0n) is 24.5. The molecule has 0 unspecified atom stereocenters. The molecule has 11 nitrogen and oxygen atoms in total. The molecule has 1 aliphatic heterocycles. The topological polar surface area (TPSA) is 178 Å². The summed E-state index contributed by atoms with van der Waals surface area (Å²) in [5.74, 6) is -7.65. The number of pyridine rings is 1. The number of Topliss-reactive ketones (excluding diaryl/α,β-unsaturated/α-hetero) is 2. The summed E-state index contributed by atoms with van der Waals surface area (Å²) in [6.07, 6.45) is 4.59. The average Bonchev–Trinajstić information content (AvgIpc) is 2.97. The molecule has 1 saturated heterocycles. The van der Waals surface area contributed by atoms with E-state index in [0.717, 1.165) is 32.4 Å². The zero-order chi connectivity index (χ0) is 31.7. The number of carbonyl (C=O) groups is 3. The number of hydrogen-bond acceptors (Lipinski definition) is 10. The van der Waals surface area contributed by atoms with Gasteiger partial charge in [0.1, 0.15) is 22.8 Å². The van der Waals surface area contributed by atoms with E-state index >= 15 is 0 Å². The number of benzene rings is 1. The number of phenols is 1. The minimum absolute atomic E-state index is 0.00937. The van der Waals surface area contributed by atoms with Crippen LogP contribution in [0.1, 0.15) is 42.4 Å². The Hall–Kier alpha value is -4.13. The summed E-state index contributed by atoms with van der Waals surface area (Å²) < 4.78 is 13.8. The van der Waals surface area contributed by atoms with Crippen molar-refractivity contribution in [1.82, 2.24) is 14.8 Å². The molecule has 12 heteroatoms. The van der Waals surface area contributed by atoms with E-state index in [2.05, 4.69) is 9.88 Å². The molecule has 6 N–H and O–H groups in total. The smallest absolute Gasteiger partial charge is 0.255 e. The number of piperidine rings is 1. The lowest BCUT2D eigenvalue weighted by Crippen LogP contribution is -2.65. The first-order valence-electron chi connectivity index (χ1n) is 14.7. The Morgan fingerprint density at radius 2 is 1.86 bits per heavy atom. The monoisotopic (exact) mass is 606 g/mol. The molecule has 1 saturated carbocycles. The van der Waals surface area contributed by atoms with Crippen LogP contribution >= 0.6 is 0 Å². The molecule has 1 amide bonds. The van der Waals surface area contributed by atoms with Crippen LogP contribution in [0, 0.1) is 17.8 Å². The second-order valence-corrected chi connectivity index (χ2v) is 12.5. The maximum absolute atomic E-state index is 14.2. The van der Waals surface area contributed by atoms with Crippen LogP contribution in [0.3, 0.4) is 0 Å². The number of aliphatic hydroxyl groups excluding tert-OH is 2. The largest absolute Gasteiger partial charge is 0.508 e. The van der Waals surface area contributed by atoms with Crippen LogP contribution in [0.4, 0.5) is 4.39 Å². The van der Waals surface area contributed by atoms with Crippen LogP contribution in [0.15, 0.2) is 41.3 Å². The van der Waals surface area contributed by atoms with Crippen molar-refractivity contribution < 1.29 is 39.2 Å². The Balaban J connectivity index is 1.56. The number of carbonyl (C=O) groups excluding carboxylic acids is 3. The van der Waals surface area contributed by atoms with Crippen LogP contribution in [-0.2, 0) is 27.3 Å². The summed E-state index contributed by atoms with van der Waals surface area (Å²) in [6.45, 7) is 2.02. The van der Waals surface area contributed by atoms with Crippen LogP contribution in [0.25, 0.3) is 16.9 Å². The molecule has 4 aliphatic rings. The molecular formula is C32H35FN4O7. The molecule has 232 valence electrons. The molecule has 2 heterocycles. The molecule has 2 aromatic rings. The molecule has 4 atom stereocenters. The summed E-state index contributed by atoms with van der Waals surface area (Å²) in [7, 11) is 3.10. The van der Waals surface area contributed by atoms with Crippen molar-refractivity contribution in [2.24, 2.45) is 17.6 Å². The molecule has 2 fully saturated rings. The van der Waals surface area contributed by atoms with Gasteiger partial charge in [0.25, 0.3) is 5.91 Å². The fourth-order valence-electron chi connectivity index (χ4n) is 7.64. The average molecular weight is 607 g/mol. The number of fused-ring (bicyclic) bond motifs is 3. The van der Waals surface area contributed by atoms with Crippen molar-refractivity contribution >= 4 is 23.2 Å². The highest BCUT2D eigenvalue weighted by molar-refractivity contribution is 6.24. The first-order valence-corrected chi connectivity index (χ1v) is 14.7. The van der Waals surface area contributed by atoms with Gasteiger partial charge in [-0.25, -0.2) is 4.98 Å². The quantitative estimate of drug-likeness (QED) is 0.250. The fraction of sp³-hybridized carbons (Fsp3) is 0.438. The number of likely N-dealkylation sites (tertiary alicyclic amines) is 1. The summed E-state index contributed by atoms with van der Waals surface area (Å²) in [6, 6.07) is 3.40. The van der Waals surface area contributed by atoms with E-state index in [1.807, 2.05) is 0 Å². The van der Waals surface area contributed by atoms with Crippen molar-refractivity contribution in [2.45, 2.75) is 50.3 Å². The van der Waals surface area contributed by atoms with Gasteiger partial charge in [-0.05, 0) is 88.1 Å². The normalized spacial score (nSPS) is 27.3. The number of halogens is 1. The number of primary amides is 1. The highest BCUT2D eigenvalue weighted by Crippen LogP contribution is 2.54. The van der Waals surface area contributed by atoms with Gasteiger partial charge in [-0.1, -0.05) is 6.42 Å². The Morgan fingerprint density at radius 3 is 2.48 bits per heavy atom. The zero-order valence-corrected chi connectivity index (χ0v) is 24.5. The second kappa shape index (κ2) is 10.8. The van der Waals surface area contributed by atoms with Crippen LogP contribution < -0.4 is 5.73 Å². The third kappa shape index (κ3) is 4.42. The van der Waals surface area contributed by atoms with Crippen LogP contribution in [0.2, 0.25) is 0 Å². The van der Waals surface area contributed by atoms with Crippen molar-refractivity contribution in [2.75, 3.05) is 27.2 Å². The highest BCUT2D eigenvalue weighted by Gasteiger charge is 2.64. The van der Waals surface area contributed by atoms with E-state index in [9.17, 15) is 39.2 Å². The van der Waals surface area contributed by atoms with Crippen molar-refractivity contribution in [1.29, 1.82) is 0 Å². The number of aliphatic hydroxyl groups is 3. The fourth-order valence-corrected chi connectivity index (χ4v) is 7.64. The number of rotatable bonds is 5. The summed E-state index contributed by atoms with van der Waals surface area (Å²) in [5.41, 5.74) is 3.77. The lowest BCUT2D eigenvalue weighted by molar-refractivity contribution is -0.153. The molecule has 0 spiro atoms. The predicted octanol–water partition coefficient (Wildman–Crippen LogP) is 2.15. The van der Waals surface area contributed by atoms with Crippen LogP contribution in [0.5, 0.6) is 5.75 Å². The molecule has 3 aliphatic carbocycles. The maximum Gasteiger partial charge on any atom is 0.255 e. The van der Waals surface area contributed by atoms with Crippen molar-refractivity contribution in [3.8, 4) is 16.9 Å². The number of likely N-dealkylation sites (N-methyl/N-ethyl adjacent to an activating group) is 1. The Kier molecular flexibility index (Phi) is 7.34. The van der Waals surface area contributed by atoms with E-state index in [-0.39, 0.29) is 29.7 Å². The lowest BCUT2D eigenvalue weighted by atomic mass is 9.57. The SMILES string of the molecule is CN(C)[C@@H]1C(=O)C(C(N)=O)=C(O)[C@@]2(O)C(=O)C3=C(O)c4c(O)c(CN5CCCCC5)cc(-c5ccc(F)nc5)c4C[C@H]3C[C@@H]12. The third-order valence-electron chi connectivity index (χ3n) is 9.68. The maximum atomic E-state index is 14.2. The number of ketones is 2. The van der Waals surface area contributed by atoms with Gasteiger partial charge in [0, 0.05) is 35.4 Å². The molecular weight excluding hydrogens is 571 g/mol. The molecule has 1 aromatic heterocycles. The lowest BCUT2D eigenvalue weighted by Gasteiger charge is -2.50. The van der Waals surface area contributed by atoms with Gasteiger partial charge in [0.15, 0.2) is 11.4 Å². The number of aromatic nitrogens is 1. The first kappa shape index (κ1) is 29.9. The molecule has 6 rings (SSSR count). The van der Waals surface area contributed by atoms with E-state index < -0.39 is 64.0 Å². The number of aromatic hydroxyl groups is 1. The van der Waals surface area contributed by atoms with E-state index in [1.54, 1.807) is 26.2 Å².